The Morgan fingerprint density at radius 3 is 0.632 bits per heavy atom. The number of benzene rings is 8. The summed E-state index contributed by atoms with van der Waals surface area (Å²) in [5.74, 6) is 0.236. The zero-order valence-electron chi connectivity index (χ0n) is 72.2. The van der Waals surface area contributed by atoms with Crippen LogP contribution in [-0.4, -0.2) is 88.7 Å². The molecule has 726 valence electrons. The van der Waals surface area contributed by atoms with Gasteiger partial charge in [0.2, 0.25) is 0 Å². The minimum Gasteiger partial charge on any atom is -0.370 e. The van der Waals surface area contributed by atoms with Crippen LogP contribution in [0.4, 0.5) is 123 Å². The molecule has 4 saturated heterocycles. The summed E-state index contributed by atoms with van der Waals surface area (Å²) < 4.78 is 398. The van der Waals surface area contributed by atoms with Crippen LogP contribution in [0.5, 0.6) is 0 Å². The van der Waals surface area contributed by atoms with Crippen LogP contribution >= 0.6 is 0 Å². The van der Waals surface area contributed by atoms with Crippen molar-refractivity contribution in [3.05, 3.63) is 282 Å². The summed E-state index contributed by atoms with van der Waals surface area (Å²) in [6.45, 7) is 12.3. The first-order valence-electron chi connectivity index (χ1n) is 43.7. The second-order valence-corrected chi connectivity index (χ2v) is 36.1. The van der Waals surface area contributed by atoms with E-state index in [1.54, 1.807) is 48.5 Å². The van der Waals surface area contributed by atoms with Gasteiger partial charge in [0.25, 0.3) is 0 Å². The molecule has 8 aromatic rings. The molecule has 20 atom stereocenters. The van der Waals surface area contributed by atoms with Gasteiger partial charge in [0.1, 0.15) is 23.3 Å². The van der Waals surface area contributed by atoms with Gasteiger partial charge in [0, 0.05) is 36.8 Å². The SMILES string of the molecule is C[C@@H](O[C@H]1CC[C@H]2CN(C)C[C@H]2[C@@H]1c1ccc(F)cc1)c1cc(C(F)(F)F)cc(C(F)(F)F)c1.C[C@@H](O[C@H]1CC[C@H]2CNC[C@H]2[C@@H]1c1ccc(F)cc1)c1cc(C(F)(F)F)cc(C(F)(F)F)c1.C[C@H](O[C@@H]1CC[C@@H]2CNC[C@@H]2[C@H]1c1ccc(F)cc1)c1cc(C(F)(F)F)cc(C(F)(F)F)c1.C[C@H](O[C@H]1CC[C@H]2CNC[C@H]2[C@@H]1c1ccc(F)cc1)c1cc(C(F)(F)F)cc(C(F)(F)F)c1. The van der Waals surface area contributed by atoms with Crippen LogP contribution in [0, 0.1) is 70.6 Å². The highest BCUT2D eigenvalue weighted by Crippen LogP contribution is 2.54. The molecule has 4 saturated carbocycles. The lowest BCUT2D eigenvalue weighted by atomic mass is 9.69. The van der Waals surface area contributed by atoms with Crippen LogP contribution in [0.2, 0.25) is 0 Å². The van der Waals surface area contributed by atoms with Crippen LogP contribution in [-0.2, 0) is 68.4 Å². The predicted octanol–water partition coefficient (Wildman–Crippen LogP) is 27.2. The first kappa shape index (κ1) is 102. The number of nitrogens with one attached hydrogen (secondary N) is 3. The summed E-state index contributed by atoms with van der Waals surface area (Å²) in [5, 5.41) is 10.0. The van der Waals surface area contributed by atoms with Crippen molar-refractivity contribution in [1.29, 1.82) is 0 Å². The van der Waals surface area contributed by atoms with Crippen molar-refractivity contribution in [2.45, 2.75) is 201 Å². The summed E-state index contributed by atoms with van der Waals surface area (Å²) in [7, 11) is 2.01. The lowest BCUT2D eigenvalue weighted by Crippen LogP contribution is -2.38. The Hall–Kier alpha value is -8.52. The molecular formula is C97H98F28N4O4. The number of fused-ring (bicyclic) bond motifs is 4. The highest BCUT2D eigenvalue weighted by atomic mass is 19.4. The summed E-state index contributed by atoms with van der Waals surface area (Å²) >= 11 is 0. The predicted molar refractivity (Wildman–Crippen MR) is 436 cm³/mol. The van der Waals surface area contributed by atoms with Gasteiger partial charge in [0.15, 0.2) is 0 Å². The fourth-order valence-electron chi connectivity index (χ4n) is 21.1. The number of ether oxygens (including phenoxy) is 4. The fourth-order valence-corrected chi connectivity index (χ4v) is 21.1. The maximum Gasteiger partial charge on any atom is 0.416 e. The largest absolute Gasteiger partial charge is 0.416 e. The molecule has 0 radical (unpaired) electrons. The first-order chi connectivity index (χ1) is 62.1. The van der Waals surface area contributed by atoms with Crippen molar-refractivity contribution >= 4 is 0 Å². The molecule has 16 rings (SSSR count). The molecular weight excluding hydrogens is 1820 g/mol. The topological polar surface area (TPSA) is 76.3 Å². The van der Waals surface area contributed by atoms with E-state index < -0.39 is 143 Å². The Labute approximate surface area is 749 Å². The van der Waals surface area contributed by atoms with Crippen molar-refractivity contribution in [2.24, 2.45) is 47.3 Å². The fraction of sp³-hybridized carbons (Fsp3) is 0.505. The van der Waals surface area contributed by atoms with E-state index in [0.29, 0.717) is 49.4 Å². The average molecular weight is 1920 g/mol. The molecule has 4 heterocycles. The van der Waals surface area contributed by atoms with Gasteiger partial charge in [0.05, 0.1) is 93.3 Å². The number of halogens is 28. The maximum atomic E-state index is 13.6. The third-order valence-electron chi connectivity index (χ3n) is 27.4. The van der Waals surface area contributed by atoms with Crippen LogP contribution < -0.4 is 16.0 Å². The van der Waals surface area contributed by atoms with Gasteiger partial charge in [-0.05, 0) is 339 Å². The van der Waals surface area contributed by atoms with Crippen LogP contribution in [0.25, 0.3) is 0 Å². The Bertz CT molecular complexity index is 4690. The van der Waals surface area contributed by atoms with E-state index in [1.165, 1.54) is 76.2 Å². The minimum absolute atomic E-state index is 0.118. The highest BCUT2D eigenvalue weighted by Gasteiger charge is 2.51. The van der Waals surface area contributed by atoms with Crippen molar-refractivity contribution in [2.75, 3.05) is 59.4 Å². The number of nitrogens with zero attached hydrogens (tertiary/aromatic N) is 1. The van der Waals surface area contributed by atoms with E-state index in [2.05, 4.69) is 20.9 Å². The average Bonchev–Trinajstić information content (AvgIpc) is 1.69. The second kappa shape index (κ2) is 40.6. The van der Waals surface area contributed by atoms with E-state index >= 15 is 0 Å². The number of alkyl halides is 24. The molecule has 133 heavy (non-hydrogen) atoms. The number of rotatable bonds is 16. The number of likely N-dealkylation sites (tertiary alicyclic amines) is 1. The summed E-state index contributed by atoms with van der Waals surface area (Å²) in [5.41, 5.74) is -8.16. The quantitative estimate of drug-likeness (QED) is 0.0827. The van der Waals surface area contributed by atoms with Gasteiger partial charge in [-0.3, -0.25) is 0 Å². The Morgan fingerprint density at radius 1 is 0.248 bits per heavy atom. The highest BCUT2D eigenvalue weighted by molar-refractivity contribution is 5.40. The van der Waals surface area contributed by atoms with E-state index in [0.717, 1.165) is 149 Å². The zero-order chi connectivity index (χ0) is 96.7. The Kier molecular flexibility index (Phi) is 31.1. The van der Waals surface area contributed by atoms with E-state index in [4.69, 9.17) is 18.9 Å². The molecule has 0 bridgehead atoms. The van der Waals surface area contributed by atoms with Crippen molar-refractivity contribution < 1.29 is 142 Å². The molecule has 0 unspecified atom stereocenters. The summed E-state index contributed by atoms with van der Waals surface area (Å²) in [6, 6.07) is 30.5. The zero-order valence-corrected chi connectivity index (χ0v) is 72.2. The monoisotopic (exact) mass is 1910 g/mol. The van der Waals surface area contributed by atoms with Crippen LogP contribution in [0.3, 0.4) is 0 Å². The third kappa shape index (κ3) is 25.1. The van der Waals surface area contributed by atoms with Gasteiger partial charge in [-0.1, -0.05) is 48.5 Å². The number of hydrogen-bond acceptors (Lipinski definition) is 8. The Balaban J connectivity index is 0.000000151. The van der Waals surface area contributed by atoms with Crippen molar-refractivity contribution in [3.63, 3.8) is 0 Å². The lowest BCUT2D eigenvalue weighted by molar-refractivity contribution is -0.145. The minimum atomic E-state index is -4.92. The van der Waals surface area contributed by atoms with Crippen LogP contribution in [0.15, 0.2) is 170 Å². The molecule has 8 aliphatic rings. The van der Waals surface area contributed by atoms with Crippen molar-refractivity contribution in [3.8, 4) is 0 Å². The van der Waals surface area contributed by atoms with Gasteiger partial charge in [-0.25, -0.2) is 17.6 Å². The summed E-state index contributed by atoms with van der Waals surface area (Å²) in [4.78, 5) is 2.21. The molecule has 0 aromatic heterocycles. The van der Waals surface area contributed by atoms with Crippen molar-refractivity contribution in [1.82, 2.24) is 20.9 Å². The van der Waals surface area contributed by atoms with Gasteiger partial charge in [-0.2, -0.15) is 105 Å². The first-order valence-corrected chi connectivity index (χ1v) is 43.7. The van der Waals surface area contributed by atoms with Gasteiger partial charge < -0.3 is 39.8 Å². The molecule has 8 nitrogen and oxygen atoms in total. The molecule has 4 aliphatic carbocycles. The standard InChI is InChI=1S/C25H26F7NO.3C24H24F7NO/c1-14(17-9-18(24(27,28)29)11-19(10-17)25(30,31)32)34-22-8-5-16-12-33(2)13-21(16)23(22)15-3-6-20(26)7-4-15;3*1-13(16-8-17(23(26,27)28)10-18(9-16)24(29,30)31)33-21-7-4-15-11-32-12-20(15)22(21)14-2-5-19(25)6-3-14/h3-4,6-7,9-11,14,16,21-23H,5,8,12-13H2,1-2H3;3*2-3,5-6,8-10,13,15,20-22,32H,4,7,11-12H2,1H3/t14-,16+,21-,22+,23+;2*13-,15+,20-,21+,22+;13-,15-,20+,21-,22-/m1100/s1. The summed E-state index contributed by atoms with van der Waals surface area (Å²) in [6.07, 6.45) is -39.2. The van der Waals surface area contributed by atoms with E-state index in [1.807, 2.05) is 7.05 Å². The Morgan fingerprint density at radius 2 is 0.436 bits per heavy atom. The van der Waals surface area contributed by atoms with Gasteiger partial charge >= 0.3 is 49.4 Å². The smallest absolute Gasteiger partial charge is 0.370 e. The van der Waals surface area contributed by atoms with E-state index in [9.17, 15) is 123 Å². The molecule has 36 heteroatoms. The second-order valence-electron chi connectivity index (χ2n) is 36.1. The molecule has 4 aliphatic heterocycles. The van der Waals surface area contributed by atoms with E-state index in [-0.39, 0.29) is 117 Å². The molecule has 0 spiro atoms. The van der Waals surface area contributed by atoms with Gasteiger partial charge in [-0.15, -0.1) is 0 Å². The van der Waals surface area contributed by atoms with Crippen LogP contribution in [0.1, 0.15) is 216 Å². The molecule has 3 N–H and O–H groups in total. The third-order valence-corrected chi connectivity index (χ3v) is 27.4. The maximum absolute atomic E-state index is 13.6. The molecule has 8 fully saturated rings. The molecule has 8 aromatic carbocycles. The normalized spacial score (nSPS) is 26.8. The molecule has 0 amide bonds. The lowest BCUT2D eigenvalue weighted by Gasteiger charge is -2.41. The number of hydrogen-bond donors (Lipinski definition) is 3.